The third-order valence-electron chi connectivity index (χ3n) is 12.0. The molecule has 3 fully saturated rings. The van der Waals surface area contributed by atoms with Crippen LogP contribution in [0.1, 0.15) is 88.3 Å². The second-order valence-corrected chi connectivity index (χ2v) is 16.6. The van der Waals surface area contributed by atoms with E-state index in [4.69, 9.17) is 21.1 Å². The summed E-state index contributed by atoms with van der Waals surface area (Å²) in [5, 5.41) is 50.0. The molecule has 3 aliphatic rings. The Hall–Kier alpha value is -3.52. The lowest BCUT2D eigenvalue weighted by molar-refractivity contribution is -0.190. The van der Waals surface area contributed by atoms with Crippen molar-refractivity contribution in [3.63, 3.8) is 0 Å². The van der Waals surface area contributed by atoms with Gasteiger partial charge in [-0.05, 0) is 113 Å². The summed E-state index contributed by atoms with van der Waals surface area (Å²) in [6, 6.07) is 11.5. The highest BCUT2D eigenvalue weighted by molar-refractivity contribution is 6.30. The first-order valence-electron chi connectivity index (χ1n) is 19.4. The molecule has 2 saturated heterocycles. The molecule has 1 aliphatic carbocycles. The standard InChI is InChI=1S/C42H58ClN3O9/c1-8-35-41(6,52)38(49)27(5)45(23-28-21-42(53,22-28)37(48)24(2)18-25(3)40(51)55-35)17-9-16-44-36(47)20-32-26(4)46(34-15-14-31(54-7)19-33(32)34)39(50)29-10-12-30(43)13-11-29/h10-15,19,24-25,27-28,35,37-38,48-49,52-53H,8-9,16-18,20-23H2,1-7H3,(H,44,47)/t24-,25+,27+,28?,35+,37+,38+,41+,42?/m0/s1. The van der Waals surface area contributed by atoms with Crippen LogP contribution in [0, 0.1) is 24.7 Å². The summed E-state index contributed by atoms with van der Waals surface area (Å²) in [6.07, 6.45) is -1.45. The lowest BCUT2D eigenvalue weighted by Crippen LogP contribution is -2.61. The Labute approximate surface area is 328 Å². The van der Waals surface area contributed by atoms with Gasteiger partial charge in [0.05, 0.1) is 36.7 Å². The number of nitrogens with zero attached hydrogens (tertiary/aromatic N) is 2. The van der Waals surface area contributed by atoms with Crippen molar-refractivity contribution in [3.05, 3.63) is 64.3 Å². The van der Waals surface area contributed by atoms with Gasteiger partial charge in [-0.15, -0.1) is 0 Å². The monoisotopic (exact) mass is 783 g/mol. The molecular weight excluding hydrogens is 726 g/mol. The van der Waals surface area contributed by atoms with Crippen molar-refractivity contribution in [1.82, 2.24) is 14.8 Å². The van der Waals surface area contributed by atoms with Gasteiger partial charge < -0.3 is 35.2 Å². The molecule has 0 radical (unpaired) electrons. The van der Waals surface area contributed by atoms with Gasteiger partial charge in [0, 0.05) is 47.3 Å². The predicted octanol–water partition coefficient (Wildman–Crippen LogP) is 4.65. The molecule has 1 saturated carbocycles. The van der Waals surface area contributed by atoms with E-state index in [-0.39, 0.29) is 36.5 Å². The first-order valence-corrected chi connectivity index (χ1v) is 19.8. The van der Waals surface area contributed by atoms with Crippen molar-refractivity contribution < 1.29 is 44.3 Å². The molecule has 0 unspecified atom stereocenters. The maximum absolute atomic E-state index is 13.7. The molecule has 3 aromatic rings. The number of aliphatic hydroxyl groups is 4. The molecule has 7 atom stereocenters. The molecule has 5 N–H and O–H groups in total. The lowest BCUT2D eigenvalue weighted by Gasteiger charge is -2.50. The van der Waals surface area contributed by atoms with Crippen LogP contribution in [0.15, 0.2) is 42.5 Å². The van der Waals surface area contributed by atoms with Gasteiger partial charge in [-0.3, -0.25) is 23.9 Å². The average molecular weight is 784 g/mol. The molecule has 2 aliphatic heterocycles. The van der Waals surface area contributed by atoms with Gasteiger partial charge in [0.25, 0.3) is 5.91 Å². The number of ether oxygens (including phenoxy) is 2. The Bertz CT molecular complexity index is 1840. The quantitative estimate of drug-likeness (QED) is 0.152. The van der Waals surface area contributed by atoms with E-state index in [9.17, 15) is 34.8 Å². The Morgan fingerprint density at radius 3 is 2.36 bits per heavy atom. The molecule has 55 heavy (non-hydrogen) atoms. The number of carbonyl (C=O) groups is 3. The number of hydrogen-bond acceptors (Lipinski definition) is 10. The van der Waals surface area contributed by atoms with Crippen molar-refractivity contribution in [2.75, 3.05) is 26.7 Å². The Balaban J connectivity index is 1.30. The minimum absolute atomic E-state index is 0.0231. The van der Waals surface area contributed by atoms with E-state index in [0.29, 0.717) is 78.4 Å². The Morgan fingerprint density at radius 2 is 1.73 bits per heavy atom. The van der Waals surface area contributed by atoms with Crippen molar-refractivity contribution in [2.24, 2.45) is 17.8 Å². The number of rotatable bonds is 9. The van der Waals surface area contributed by atoms with Gasteiger partial charge in [0.2, 0.25) is 5.91 Å². The summed E-state index contributed by atoms with van der Waals surface area (Å²) in [6.45, 7) is 11.7. The van der Waals surface area contributed by atoms with Crippen LogP contribution >= 0.6 is 11.6 Å². The van der Waals surface area contributed by atoms with Crippen LogP contribution < -0.4 is 10.1 Å². The van der Waals surface area contributed by atoms with Crippen LogP contribution in [-0.4, -0.2) is 110 Å². The van der Waals surface area contributed by atoms with Crippen molar-refractivity contribution in [1.29, 1.82) is 0 Å². The zero-order valence-corrected chi connectivity index (χ0v) is 33.8. The number of amides is 1. The van der Waals surface area contributed by atoms with E-state index >= 15 is 0 Å². The molecule has 2 bridgehead atoms. The van der Waals surface area contributed by atoms with E-state index in [0.717, 1.165) is 5.39 Å². The number of hydrogen-bond donors (Lipinski definition) is 5. The van der Waals surface area contributed by atoms with Crippen LogP contribution in [0.4, 0.5) is 0 Å². The highest BCUT2D eigenvalue weighted by Gasteiger charge is 2.52. The van der Waals surface area contributed by atoms with Gasteiger partial charge in [0.15, 0.2) is 0 Å². The molecule has 6 rings (SSSR count). The molecule has 302 valence electrons. The minimum Gasteiger partial charge on any atom is -0.497 e. The number of halogens is 1. The fourth-order valence-electron chi connectivity index (χ4n) is 8.70. The second kappa shape index (κ2) is 17.3. The maximum atomic E-state index is 13.7. The number of benzene rings is 2. The van der Waals surface area contributed by atoms with Gasteiger partial charge >= 0.3 is 5.97 Å². The smallest absolute Gasteiger partial charge is 0.309 e. The number of aliphatic hydroxyl groups excluding tert-OH is 2. The summed E-state index contributed by atoms with van der Waals surface area (Å²) in [5.41, 5.74) is -0.596. The van der Waals surface area contributed by atoms with Crippen LogP contribution in [0.3, 0.4) is 0 Å². The summed E-state index contributed by atoms with van der Waals surface area (Å²) in [4.78, 5) is 42.3. The maximum Gasteiger partial charge on any atom is 0.309 e. The van der Waals surface area contributed by atoms with Crippen molar-refractivity contribution in [3.8, 4) is 5.75 Å². The summed E-state index contributed by atoms with van der Waals surface area (Å²) in [5.74, 6) is -1.33. The highest BCUT2D eigenvalue weighted by atomic mass is 35.5. The third kappa shape index (κ3) is 9.05. The SMILES string of the molecule is CC[C@H]1OC(=O)[C@H](C)C[C@H](C)[C@@H](O)C2(O)CC(CN(CCCNC(=O)Cc3c(C)n(C(=O)c4ccc(Cl)cc4)c4ccc(OC)cc34)[C@H](C)[C@@H](O)[C@]1(C)O)C2. The summed E-state index contributed by atoms with van der Waals surface area (Å²) in [7, 11) is 1.56. The fourth-order valence-corrected chi connectivity index (χ4v) is 8.82. The van der Waals surface area contributed by atoms with Gasteiger partial charge in [0.1, 0.15) is 23.6 Å². The molecule has 1 amide bonds. The normalized spacial score (nSPS) is 30.8. The number of aromatic nitrogens is 1. The van der Waals surface area contributed by atoms with Crippen LogP contribution in [0.25, 0.3) is 10.9 Å². The summed E-state index contributed by atoms with van der Waals surface area (Å²) < 4.78 is 12.9. The molecule has 0 spiro atoms. The number of nitrogens with one attached hydrogen (secondary N) is 1. The number of fused-ring (bicyclic) bond motifs is 12. The van der Waals surface area contributed by atoms with Crippen molar-refractivity contribution >= 4 is 40.3 Å². The fraction of sp³-hybridized carbons (Fsp3) is 0.595. The average Bonchev–Trinajstić information content (AvgIpc) is 3.41. The first kappa shape index (κ1) is 42.6. The van der Waals surface area contributed by atoms with Crippen molar-refractivity contribution in [2.45, 2.75) is 116 Å². The molecule has 13 heteroatoms. The molecule has 2 aromatic carbocycles. The minimum atomic E-state index is -1.77. The Morgan fingerprint density at radius 1 is 1.05 bits per heavy atom. The van der Waals surface area contributed by atoms with E-state index in [1.165, 1.54) is 6.92 Å². The van der Waals surface area contributed by atoms with E-state index in [2.05, 4.69) is 5.32 Å². The zero-order valence-electron chi connectivity index (χ0n) is 33.0. The number of esters is 1. The zero-order chi connectivity index (χ0) is 40.4. The third-order valence-corrected chi connectivity index (χ3v) is 12.3. The number of carbonyl (C=O) groups excluding carboxylic acids is 3. The van der Waals surface area contributed by atoms with E-state index in [1.54, 1.807) is 55.9 Å². The number of methoxy groups -OCH3 is 1. The molecule has 12 nitrogen and oxygen atoms in total. The van der Waals surface area contributed by atoms with Gasteiger partial charge in [-0.1, -0.05) is 32.4 Å². The molecule has 1 aromatic heterocycles. The first-order chi connectivity index (χ1) is 25.9. The van der Waals surface area contributed by atoms with Gasteiger partial charge in [-0.25, -0.2) is 0 Å². The largest absolute Gasteiger partial charge is 0.497 e. The second-order valence-electron chi connectivity index (χ2n) is 16.2. The highest BCUT2D eigenvalue weighted by Crippen LogP contribution is 2.44. The van der Waals surface area contributed by atoms with Crippen LogP contribution in [-0.2, 0) is 20.7 Å². The van der Waals surface area contributed by atoms with Crippen LogP contribution in [0.2, 0.25) is 5.02 Å². The van der Waals surface area contributed by atoms with E-state index in [1.807, 2.05) is 37.8 Å². The molecular formula is C42H58ClN3O9. The van der Waals surface area contributed by atoms with E-state index < -0.39 is 47.4 Å². The van der Waals surface area contributed by atoms with Gasteiger partial charge in [-0.2, -0.15) is 0 Å². The lowest BCUT2D eigenvalue weighted by atomic mass is 9.64. The predicted molar refractivity (Wildman–Crippen MR) is 210 cm³/mol. The molecule has 3 heterocycles. The summed E-state index contributed by atoms with van der Waals surface area (Å²) >= 11 is 6.07. The van der Waals surface area contributed by atoms with Crippen LogP contribution in [0.5, 0.6) is 5.75 Å². The Kier molecular flexibility index (Phi) is 13.4. The topological polar surface area (TPSA) is 171 Å².